The minimum Gasteiger partial charge on any atom is -0.541 e. The number of ether oxygens (including phenoxy) is 2. The molecule has 28 heavy (non-hydrogen) atoms. The lowest BCUT2D eigenvalue weighted by atomic mass is 10.2. The third-order valence-electron chi connectivity index (χ3n) is 6.01. The fraction of sp³-hybridized carbons (Fsp3) is 0.667. The predicted octanol–water partition coefficient (Wildman–Crippen LogP) is 6.25. The molecule has 0 bridgehead atoms. The van der Waals surface area contributed by atoms with Gasteiger partial charge in [0.15, 0.2) is 11.5 Å². The number of benzene rings is 1. The van der Waals surface area contributed by atoms with Gasteiger partial charge in [0.2, 0.25) is 5.75 Å². The van der Waals surface area contributed by atoms with Crippen LogP contribution in [0, 0.1) is 0 Å². The summed E-state index contributed by atoms with van der Waals surface area (Å²) in [6, 6.07) is 3.38. The molecule has 0 saturated carbocycles. The summed E-state index contributed by atoms with van der Waals surface area (Å²) in [6.45, 7) is 21.2. The Kier molecular flexibility index (Phi) is 7.11. The van der Waals surface area contributed by atoms with Crippen LogP contribution in [-0.4, -0.2) is 36.8 Å². The molecular formula is C21H38O5Si2. The van der Waals surface area contributed by atoms with Crippen molar-refractivity contribution in [3.63, 3.8) is 0 Å². The van der Waals surface area contributed by atoms with E-state index < -0.39 is 16.6 Å². The van der Waals surface area contributed by atoms with Gasteiger partial charge in [0.05, 0.1) is 19.8 Å². The maximum absolute atomic E-state index is 13.0. The Bertz CT molecular complexity index is 713. The molecule has 1 aromatic carbocycles. The van der Waals surface area contributed by atoms with E-state index in [1.54, 1.807) is 26.4 Å². The van der Waals surface area contributed by atoms with E-state index in [9.17, 15) is 4.79 Å². The van der Waals surface area contributed by atoms with Crippen molar-refractivity contribution in [2.24, 2.45) is 0 Å². The lowest BCUT2D eigenvalue weighted by Gasteiger charge is -2.37. The van der Waals surface area contributed by atoms with Gasteiger partial charge in [-0.1, -0.05) is 41.5 Å². The Hall–Kier alpha value is -1.48. The van der Waals surface area contributed by atoms with Crippen molar-refractivity contribution in [2.45, 2.75) is 77.8 Å². The first-order chi connectivity index (χ1) is 12.5. The molecule has 0 atom stereocenters. The van der Waals surface area contributed by atoms with Crippen molar-refractivity contribution >= 4 is 22.6 Å². The van der Waals surface area contributed by atoms with Crippen LogP contribution in [0.15, 0.2) is 12.1 Å². The lowest BCUT2D eigenvalue weighted by molar-refractivity contribution is 0.0711. The largest absolute Gasteiger partial charge is 0.541 e. The van der Waals surface area contributed by atoms with Gasteiger partial charge in [-0.3, -0.25) is 0 Å². The molecule has 1 rings (SSSR count). The highest BCUT2D eigenvalue weighted by Gasteiger charge is 2.42. The molecule has 0 aliphatic rings. The zero-order valence-electron chi connectivity index (χ0n) is 19.7. The molecule has 0 fully saturated rings. The molecule has 0 N–H and O–H groups in total. The Morgan fingerprint density at radius 1 is 0.786 bits per heavy atom. The Labute approximate surface area is 173 Å². The first-order valence-electron chi connectivity index (χ1n) is 9.65. The van der Waals surface area contributed by atoms with Crippen molar-refractivity contribution in [3.8, 4) is 17.2 Å². The predicted molar refractivity (Wildman–Crippen MR) is 120 cm³/mol. The number of carbonyl (C=O) groups excluding carboxylic acids is 1. The fourth-order valence-electron chi connectivity index (χ4n) is 1.99. The number of carbonyl (C=O) groups is 1. The highest BCUT2D eigenvalue weighted by Crippen LogP contribution is 2.44. The van der Waals surface area contributed by atoms with Crippen LogP contribution in [0.5, 0.6) is 17.2 Å². The van der Waals surface area contributed by atoms with E-state index in [-0.39, 0.29) is 16.0 Å². The number of hydrogen-bond donors (Lipinski definition) is 0. The van der Waals surface area contributed by atoms with Crippen molar-refractivity contribution < 1.29 is 23.1 Å². The number of hydrogen-bond acceptors (Lipinski definition) is 5. The third kappa shape index (κ3) is 5.32. The molecule has 0 aromatic heterocycles. The molecule has 7 heteroatoms. The summed E-state index contributed by atoms with van der Waals surface area (Å²) in [5.41, 5.74) is 0.413. The average molecular weight is 427 g/mol. The molecule has 0 radical (unpaired) electrons. The van der Waals surface area contributed by atoms with Crippen LogP contribution in [0.25, 0.3) is 0 Å². The molecular weight excluding hydrogens is 388 g/mol. The van der Waals surface area contributed by atoms with Crippen LogP contribution in [0.4, 0.5) is 0 Å². The van der Waals surface area contributed by atoms with Gasteiger partial charge in [-0.25, -0.2) is 4.79 Å². The van der Waals surface area contributed by atoms with Gasteiger partial charge >= 0.3 is 5.97 Å². The third-order valence-corrected chi connectivity index (χ3v) is 14.7. The smallest absolute Gasteiger partial charge is 0.325 e. The van der Waals surface area contributed by atoms with Crippen LogP contribution < -0.4 is 13.9 Å². The maximum Gasteiger partial charge on any atom is 0.325 e. The average Bonchev–Trinajstić information content (AvgIpc) is 2.50. The zero-order chi connectivity index (χ0) is 22.1. The normalized spacial score (nSPS) is 13.1. The Morgan fingerprint density at radius 3 is 1.64 bits per heavy atom. The highest BCUT2D eigenvalue weighted by molar-refractivity contribution is 6.75. The van der Waals surface area contributed by atoms with E-state index in [2.05, 4.69) is 67.7 Å². The number of rotatable bonds is 6. The standard InChI is InChI=1S/C21H38O5Si2/c1-20(2,3)27(9,10)25-17-14-15(13-16(23-7)18(17)24-8)19(22)26-28(11,12)21(4,5)6/h13-14H,1-12H3. The van der Waals surface area contributed by atoms with Gasteiger partial charge in [0.1, 0.15) is 0 Å². The van der Waals surface area contributed by atoms with E-state index in [4.69, 9.17) is 18.3 Å². The second kappa shape index (κ2) is 8.10. The summed E-state index contributed by atoms with van der Waals surface area (Å²) in [5, 5.41) is -0.0669. The van der Waals surface area contributed by atoms with E-state index >= 15 is 0 Å². The van der Waals surface area contributed by atoms with Gasteiger partial charge in [-0.2, -0.15) is 0 Å². The minimum atomic E-state index is -2.25. The van der Waals surface area contributed by atoms with Crippen LogP contribution in [0.1, 0.15) is 51.9 Å². The topological polar surface area (TPSA) is 54.0 Å². The molecule has 160 valence electrons. The van der Waals surface area contributed by atoms with Gasteiger partial charge in [0.25, 0.3) is 16.6 Å². The highest BCUT2D eigenvalue weighted by atomic mass is 28.4. The van der Waals surface area contributed by atoms with Crippen molar-refractivity contribution in [2.75, 3.05) is 14.2 Å². The Balaban J connectivity index is 3.42. The van der Waals surface area contributed by atoms with Crippen LogP contribution in [0.2, 0.25) is 36.3 Å². The lowest BCUT2D eigenvalue weighted by Crippen LogP contribution is -2.44. The minimum absolute atomic E-state index is 0.00288. The summed E-state index contributed by atoms with van der Waals surface area (Å²) in [6.07, 6.45) is 0. The molecule has 0 aliphatic heterocycles. The molecule has 0 spiro atoms. The second-order valence-electron chi connectivity index (χ2n) is 10.2. The maximum atomic E-state index is 13.0. The van der Waals surface area contributed by atoms with Gasteiger partial charge in [-0.05, 0) is 48.4 Å². The summed E-state index contributed by atoms with van der Waals surface area (Å²) in [5.74, 6) is 1.13. The summed E-state index contributed by atoms with van der Waals surface area (Å²) >= 11 is 0. The van der Waals surface area contributed by atoms with E-state index in [1.807, 2.05) is 0 Å². The summed E-state index contributed by atoms with van der Waals surface area (Å²) in [7, 11) is -1.26. The SMILES string of the molecule is COc1cc(C(=O)O[Si](C)(C)C(C)(C)C)cc(O[Si](C)(C)C(C)(C)C)c1OC. The molecule has 0 aliphatic carbocycles. The van der Waals surface area contributed by atoms with Crippen LogP contribution >= 0.6 is 0 Å². The fourth-order valence-corrected chi connectivity index (χ4v) is 3.89. The van der Waals surface area contributed by atoms with Gasteiger partial charge in [-0.15, -0.1) is 0 Å². The van der Waals surface area contributed by atoms with Crippen LogP contribution in [-0.2, 0) is 4.43 Å². The second-order valence-corrected chi connectivity index (χ2v) is 19.7. The molecule has 5 nitrogen and oxygen atoms in total. The van der Waals surface area contributed by atoms with E-state index in [0.29, 0.717) is 22.8 Å². The van der Waals surface area contributed by atoms with E-state index in [1.165, 1.54) is 0 Å². The summed E-state index contributed by atoms with van der Waals surface area (Å²) in [4.78, 5) is 13.0. The van der Waals surface area contributed by atoms with Gasteiger partial charge < -0.3 is 18.3 Å². The summed E-state index contributed by atoms with van der Waals surface area (Å²) < 4.78 is 23.5. The molecule has 1 aromatic rings. The molecule has 0 amide bonds. The van der Waals surface area contributed by atoms with Crippen molar-refractivity contribution in [3.05, 3.63) is 17.7 Å². The first-order valence-corrected chi connectivity index (χ1v) is 15.5. The molecule has 0 saturated heterocycles. The van der Waals surface area contributed by atoms with Crippen molar-refractivity contribution in [1.82, 2.24) is 0 Å². The first kappa shape index (κ1) is 24.6. The quantitative estimate of drug-likeness (QED) is 0.503. The van der Waals surface area contributed by atoms with Crippen LogP contribution in [0.3, 0.4) is 0 Å². The van der Waals surface area contributed by atoms with E-state index in [0.717, 1.165) is 0 Å². The Morgan fingerprint density at radius 2 is 1.25 bits per heavy atom. The monoisotopic (exact) mass is 426 g/mol. The molecule has 0 unspecified atom stereocenters. The zero-order valence-corrected chi connectivity index (χ0v) is 21.7. The van der Waals surface area contributed by atoms with Crippen molar-refractivity contribution in [1.29, 1.82) is 0 Å². The number of methoxy groups -OCH3 is 2. The van der Waals surface area contributed by atoms with Gasteiger partial charge in [0, 0.05) is 0 Å². The molecule has 0 heterocycles.